The Hall–Kier alpha value is -1.06. The molecule has 1 amide bonds. The average molecular weight is 307 g/mol. The van der Waals surface area contributed by atoms with Gasteiger partial charge >= 0.3 is 0 Å². The first-order chi connectivity index (χ1) is 10.2. The number of piperidine rings is 1. The number of amides is 1. The maximum absolute atomic E-state index is 12.1. The van der Waals surface area contributed by atoms with Crippen molar-refractivity contribution in [2.45, 2.75) is 51.0 Å². The minimum absolute atomic E-state index is 0.229. The molecule has 1 saturated heterocycles. The summed E-state index contributed by atoms with van der Waals surface area (Å²) in [6, 6.07) is 8.29. The Labute approximate surface area is 131 Å². The predicted molar refractivity (Wildman–Crippen MR) is 84.9 cm³/mol. The van der Waals surface area contributed by atoms with Crippen LogP contribution in [-0.2, 0) is 4.79 Å². The second-order valence-electron chi connectivity index (χ2n) is 6.21. The number of carbonyl (C=O) groups is 1. The van der Waals surface area contributed by atoms with Crippen molar-refractivity contribution in [3.05, 3.63) is 34.9 Å². The summed E-state index contributed by atoms with van der Waals surface area (Å²) in [6.07, 6.45) is 7.85. The Morgan fingerprint density at radius 2 is 1.81 bits per heavy atom. The Morgan fingerprint density at radius 1 is 1.10 bits per heavy atom. The zero-order valence-corrected chi connectivity index (χ0v) is 13.1. The molecule has 1 saturated carbocycles. The van der Waals surface area contributed by atoms with Gasteiger partial charge in [-0.1, -0.05) is 36.6 Å². The Kier molecular flexibility index (Phi) is 4.81. The van der Waals surface area contributed by atoms with E-state index in [9.17, 15) is 4.79 Å². The largest absolute Gasteiger partial charge is 0.277 e. The number of halogens is 1. The normalized spacial score (nSPS) is 21.8. The highest BCUT2D eigenvalue weighted by Crippen LogP contribution is 2.36. The third-order valence-electron chi connectivity index (χ3n) is 4.72. The molecule has 1 atom stereocenters. The SMILES string of the molecule is O=C1CCCCN1N[C@@H](c1ccc(Cl)cc1)C1CCCC1. The number of hydrogen-bond donors (Lipinski definition) is 1. The number of rotatable bonds is 4. The molecule has 1 aromatic rings. The van der Waals surface area contributed by atoms with E-state index in [0.717, 1.165) is 24.4 Å². The van der Waals surface area contributed by atoms with Gasteiger partial charge in [0.15, 0.2) is 0 Å². The third kappa shape index (κ3) is 3.58. The predicted octanol–water partition coefficient (Wildman–Crippen LogP) is 4.09. The van der Waals surface area contributed by atoms with E-state index in [2.05, 4.69) is 17.6 Å². The van der Waals surface area contributed by atoms with Gasteiger partial charge in [-0.15, -0.1) is 0 Å². The van der Waals surface area contributed by atoms with Gasteiger partial charge < -0.3 is 0 Å². The minimum atomic E-state index is 0.229. The van der Waals surface area contributed by atoms with E-state index in [4.69, 9.17) is 11.6 Å². The van der Waals surface area contributed by atoms with E-state index in [1.807, 2.05) is 17.1 Å². The highest BCUT2D eigenvalue weighted by Gasteiger charge is 2.29. The summed E-state index contributed by atoms with van der Waals surface area (Å²) in [5.74, 6) is 0.846. The molecule has 0 aromatic heterocycles. The summed E-state index contributed by atoms with van der Waals surface area (Å²) in [5, 5.41) is 2.61. The van der Waals surface area contributed by atoms with Gasteiger partial charge in [-0.2, -0.15) is 0 Å². The van der Waals surface area contributed by atoms with Crippen LogP contribution < -0.4 is 5.43 Å². The maximum Gasteiger partial charge on any atom is 0.236 e. The lowest BCUT2D eigenvalue weighted by Gasteiger charge is -2.34. The van der Waals surface area contributed by atoms with E-state index >= 15 is 0 Å². The van der Waals surface area contributed by atoms with Gasteiger partial charge in [0.25, 0.3) is 0 Å². The van der Waals surface area contributed by atoms with Crippen molar-refractivity contribution in [2.24, 2.45) is 5.92 Å². The summed E-state index contributed by atoms with van der Waals surface area (Å²) in [7, 11) is 0. The van der Waals surface area contributed by atoms with E-state index < -0.39 is 0 Å². The summed E-state index contributed by atoms with van der Waals surface area (Å²) >= 11 is 6.01. The molecule has 0 radical (unpaired) electrons. The van der Waals surface area contributed by atoms with E-state index in [1.165, 1.54) is 31.2 Å². The molecule has 0 bridgehead atoms. The summed E-state index contributed by atoms with van der Waals surface area (Å²) in [4.78, 5) is 12.1. The number of carbonyl (C=O) groups excluding carboxylic acids is 1. The lowest BCUT2D eigenvalue weighted by molar-refractivity contribution is -0.138. The van der Waals surface area contributed by atoms with Crippen molar-refractivity contribution < 1.29 is 4.79 Å². The molecule has 1 heterocycles. The van der Waals surface area contributed by atoms with E-state index in [0.29, 0.717) is 12.3 Å². The van der Waals surface area contributed by atoms with Crippen LogP contribution in [0.25, 0.3) is 0 Å². The molecule has 114 valence electrons. The van der Waals surface area contributed by atoms with Crippen molar-refractivity contribution in [3.63, 3.8) is 0 Å². The van der Waals surface area contributed by atoms with Gasteiger partial charge in [-0.25, -0.2) is 5.43 Å². The maximum atomic E-state index is 12.1. The second-order valence-corrected chi connectivity index (χ2v) is 6.64. The van der Waals surface area contributed by atoms with Gasteiger partial charge in [0, 0.05) is 18.0 Å². The van der Waals surface area contributed by atoms with Crippen LogP contribution in [0.2, 0.25) is 5.02 Å². The van der Waals surface area contributed by atoms with Crippen molar-refractivity contribution in [1.82, 2.24) is 10.4 Å². The Balaban J connectivity index is 1.78. The fourth-order valence-corrected chi connectivity index (χ4v) is 3.65. The Morgan fingerprint density at radius 3 is 2.48 bits per heavy atom. The van der Waals surface area contributed by atoms with Crippen molar-refractivity contribution in [3.8, 4) is 0 Å². The lowest BCUT2D eigenvalue weighted by atomic mass is 9.92. The van der Waals surface area contributed by atoms with Crippen LogP contribution in [0.4, 0.5) is 0 Å². The van der Waals surface area contributed by atoms with Gasteiger partial charge in [-0.3, -0.25) is 9.80 Å². The number of hydrazine groups is 1. The molecule has 0 unspecified atom stereocenters. The van der Waals surface area contributed by atoms with Crippen LogP contribution >= 0.6 is 11.6 Å². The molecule has 1 aliphatic heterocycles. The molecule has 0 spiro atoms. The number of nitrogens with zero attached hydrogens (tertiary/aromatic N) is 1. The number of hydrogen-bond acceptors (Lipinski definition) is 2. The first kappa shape index (κ1) is 14.9. The molecule has 4 heteroatoms. The Bertz CT molecular complexity index is 482. The smallest absolute Gasteiger partial charge is 0.236 e. The van der Waals surface area contributed by atoms with Crippen LogP contribution in [-0.4, -0.2) is 17.5 Å². The zero-order chi connectivity index (χ0) is 14.7. The molecular weight excluding hydrogens is 284 g/mol. The third-order valence-corrected chi connectivity index (χ3v) is 4.97. The van der Waals surface area contributed by atoms with Gasteiger partial charge in [0.1, 0.15) is 0 Å². The van der Waals surface area contributed by atoms with Crippen molar-refractivity contribution in [1.29, 1.82) is 0 Å². The highest BCUT2D eigenvalue weighted by atomic mass is 35.5. The lowest BCUT2D eigenvalue weighted by Crippen LogP contribution is -2.48. The van der Waals surface area contributed by atoms with Gasteiger partial charge in [-0.05, 0) is 49.3 Å². The quantitative estimate of drug-likeness (QED) is 0.908. The molecule has 2 fully saturated rings. The monoisotopic (exact) mass is 306 g/mol. The van der Waals surface area contributed by atoms with Crippen molar-refractivity contribution >= 4 is 17.5 Å². The fraction of sp³-hybridized carbons (Fsp3) is 0.588. The van der Waals surface area contributed by atoms with Crippen LogP contribution in [0.15, 0.2) is 24.3 Å². The van der Waals surface area contributed by atoms with Crippen LogP contribution in [0, 0.1) is 5.92 Å². The molecule has 2 aliphatic rings. The van der Waals surface area contributed by atoms with Crippen molar-refractivity contribution in [2.75, 3.05) is 6.54 Å². The topological polar surface area (TPSA) is 32.3 Å². The van der Waals surface area contributed by atoms with Crippen LogP contribution in [0.3, 0.4) is 0 Å². The zero-order valence-electron chi connectivity index (χ0n) is 12.4. The molecule has 1 aromatic carbocycles. The van der Waals surface area contributed by atoms with Crippen LogP contribution in [0.1, 0.15) is 56.6 Å². The molecule has 1 N–H and O–H groups in total. The average Bonchev–Trinajstić information content (AvgIpc) is 3.02. The van der Waals surface area contributed by atoms with Gasteiger partial charge in [0.2, 0.25) is 5.91 Å². The molecule has 1 aliphatic carbocycles. The van der Waals surface area contributed by atoms with E-state index in [1.54, 1.807) is 0 Å². The minimum Gasteiger partial charge on any atom is -0.277 e. The number of nitrogens with one attached hydrogen (secondary N) is 1. The molecule has 3 rings (SSSR count). The molecule has 3 nitrogen and oxygen atoms in total. The fourth-order valence-electron chi connectivity index (χ4n) is 3.52. The first-order valence-corrected chi connectivity index (χ1v) is 8.44. The van der Waals surface area contributed by atoms with Crippen LogP contribution in [0.5, 0.6) is 0 Å². The summed E-state index contributed by atoms with van der Waals surface area (Å²) < 4.78 is 0. The van der Waals surface area contributed by atoms with Gasteiger partial charge in [0.05, 0.1) is 6.04 Å². The highest BCUT2D eigenvalue weighted by molar-refractivity contribution is 6.30. The standard InChI is InChI=1S/C17H23ClN2O/c18-15-10-8-14(9-11-15)17(13-5-1-2-6-13)19-20-12-4-3-7-16(20)21/h8-11,13,17,19H,1-7,12H2/t17-/m1/s1. The summed E-state index contributed by atoms with van der Waals surface area (Å²) in [6.45, 7) is 0.829. The summed E-state index contributed by atoms with van der Waals surface area (Å²) in [5.41, 5.74) is 4.76. The first-order valence-electron chi connectivity index (χ1n) is 8.06. The molecule has 21 heavy (non-hydrogen) atoms. The number of benzene rings is 1. The second kappa shape index (κ2) is 6.80. The van der Waals surface area contributed by atoms with E-state index in [-0.39, 0.29) is 11.9 Å². The molecular formula is C17H23ClN2O.